The molecular formula is C34H78O10S4Si4. The van der Waals surface area contributed by atoms with Gasteiger partial charge in [-0.25, -0.2) is 0 Å². The van der Waals surface area contributed by atoms with E-state index in [-0.39, 0.29) is 22.3 Å². The number of ether oxygens (including phenoxy) is 10. The van der Waals surface area contributed by atoms with Crippen molar-refractivity contribution < 1.29 is 47.4 Å². The molecule has 10 nitrogen and oxygen atoms in total. The summed E-state index contributed by atoms with van der Waals surface area (Å²) in [4.78, 5) is -0.240. The van der Waals surface area contributed by atoms with Gasteiger partial charge in [-0.05, 0) is 99.7 Å². The van der Waals surface area contributed by atoms with Crippen molar-refractivity contribution in [3.63, 3.8) is 0 Å². The third-order valence-electron chi connectivity index (χ3n) is 8.49. The lowest BCUT2D eigenvalue weighted by atomic mass is 10.3. The molecule has 52 heavy (non-hydrogen) atoms. The summed E-state index contributed by atoms with van der Waals surface area (Å²) in [5, 5.41) is 0. The van der Waals surface area contributed by atoms with Crippen molar-refractivity contribution in [1.82, 2.24) is 0 Å². The first-order valence-corrected chi connectivity index (χ1v) is 30.3. The lowest BCUT2D eigenvalue weighted by Gasteiger charge is -2.42. The molecular weight excluding hydrogens is 809 g/mol. The van der Waals surface area contributed by atoms with Gasteiger partial charge in [-0.2, -0.15) is 0 Å². The third kappa shape index (κ3) is 25.3. The number of methoxy groups -OCH3 is 2. The third-order valence-corrected chi connectivity index (χ3v) is 24.2. The lowest BCUT2D eigenvalue weighted by molar-refractivity contribution is -0.392. The maximum atomic E-state index is 6.97. The fourth-order valence-corrected chi connectivity index (χ4v) is 20.6. The Morgan fingerprint density at radius 2 is 0.904 bits per heavy atom. The highest BCUT2D eigenvalue weighted by molar-refractivity contribution is 9.26. The first kappa shape index (κ1) is 53.9. The van der Waals surface area contributed by atoms with Gasteiger partial charge in [0.05, 0.1) is 19.0 Å². The lowest BCUT2D eigenvalue weighted by Crippen LogP contribution is -2.52. The Kier molecular flexibility index (Phi) is 34.0. The highest BCUT2D eigenvalue weighted by Crippen LogP contribution is 2.45. The average molecular weight is 888 g/mol. The summed E-state index contributed by atoms with van der Waals surface area (Å²) >= 11 is 0. The van der Waals surface area contributed by atoms with Gasteiger partial charge < -0.3 is 47.4 Å². The minimum atomic E-state index is -0.952. The van der Waals surface area contributed by atoms with Gasteiger partial charge in [0.1, 0.15) is 0 Å². The molecule has 4 unspecified atom stereocenters. The van der Waals surface area contributed by atoms with Gasteiger partial charge >= 0.3 is 0 Å². The summed E-state index contributed by atoms with van der Waals surface area (Å²) in [6.45, 7) is 20.0. The van der Waals surface area contributed by atoms with E-state index in [2.05, 4.69) is 13.8 Å². The number of hydrogen-bond acceptors (Lipinski definition) is 14. The molecule has 0 heterocycles. The maximum absolute atomic E-state index is 6.97. The topological polar surface area (TPSA) is 92.3 Å². The van der Waals surface area contributed by atoms with E-state index in [9.17, 15) is 0 Å². The second kappa shape index (κ2) is 32.8. The van der Waals surface area contributed by atoms with E-state index < -0.39 is 31.0 Å². The maximum Gasteiger partial charge on any atom is 0.282 e. The predicted molar refractivity (Wildman–Crippen MR) is 239 cm³/mol. The Balaban J connectivity index is 5.31. The Morgan fingerprint density at radius 3 is 1.19 bits per heavy atom. The van der Waals surface area contributed by atoms with Gasteiger partial charge in [0.25, 0.3) is 11.9 Å². The van der Waals surface area contributed by atoms with Crippen LogP contribution in [0.25, 0.3) is 0 Å². The molecule has 0 aliphatic heterocycles. The first-order valence-electron chi connectivity index (χ1n) is 19.7. The molecule has 0 aromatic carbocycles. The van der Waals surface area contributed by atoms with Gasteiger partial charge in [0, 0.05) is 108 Å². The Morgan fingerprint density at radius 1 is 0.558 bits per heavy atom. The summed E-state index contributed by atoms with van der Waals surface area (Å²) in [6.07, 6.45) is 7.08. The average Bonchev–Trinajstić information content (AvgIpc) is 3.09. The highest BCUT2D eigenvalue weighted by atomic mass is 33.7. The van der Waals surface area contributed by atoms with Gasteiger partial charge in [-0.15, -0.1) is 0 Å². The van der Waals surface area contributed by atoms with E-state index in [1.165, 1.54) is 0 Å². The van der Waals surface area contributed by atoms with Gasteiger partial charge in [-0.3, -0.25) is 0 Å². The molecule has 0 N–H and O–H groups in total. The van der Waals surface area contributed by atoms with Crippen molar-refractivity contribution in [2.24, 2.45) is 0 Å². The minimum Gasteiger partial charge on any atom is -0.356 e. The zero-order valence-corrected chi connectivity index (χ0v) is 45.1. The van der Waals surface area contributed by atoms with Crippen LogP contribution in [0, 0.1) is 0 Å². The molecule has 0 aromatic rings. The van der Waals surface area contributed by atoms with Crippen LogP contribution in [0.1, 0.15) is 107 Å². The molecule has 0 spiro atoms. The molecule has 0 rings (SSSR count). The summed E-state index contributed by atoms with van der Waals surface area (Å²) in [7, 11) is 11.7. The molecule has 0 bridgehead atoms. The highest BCUT2D eigenvalue weighted by Gasteiger charge is 2.41. The monoisotopic (exact) mass is 886 g/mol. The Hall–Kier alpha value is 1.87. The van der Waals surface area contributed by atoms with Gasteiger partial charge in [0.15, 0.2) is 12.6 Å². The van der Waals surface area contributed by atoms with Crippen molar-refractivity contribution in [2.75, 3.05) is 65.4 Å². The van der Waals surface area contributed by atoms with Crippen LogP contribution in [-0.2, 0) is 47.4 Å². The van der Waals surface area contributed by atoms with Crippen LogP contribution in [0.15, 0.2) is 0 Å². The quantitative estimate of drug-likeness (QED) is 0.0335. The smallest absolute Gasteiger partial charge is 0.282 e. The molecule has 0 amide bonds. The normalized spacial score (nSPS) is 16.7. The molecule has 18 heteroatoms. The van der Waals surface area contributed by atoms with Crippen molar-refractivity contribution >= 4 is 80.8 Å². The zero-order chi connectivity index (χ0) is 39.2. The van der Waals surface area contributed by atoms with Crippen LogP contribution in [0.5, 0.6) is 0 Å². The van der Waals surface area contributed by atoms with E-state index in [0.29, 0.717) is 39.6 Å². The Bertz CT molecular complexity index is 740. The van der Waals surface area contributed by atoms with E-state index in [1.54, 1.807) is 14.2 Å². The minimum absolute atomic E-state index is 0.120. The largest absolute Gasteiger partial charge is 0.356 e. The number of hydrogen-bond donors (Lipinski definition) is 0. The zero-order valence-electron chi connectivity index (χ0n) is 35.0. The van der Waals surface area contributed by atoms with Crippen LogP contribution < -0.4 is 0 Å². The van der Waals surface area contributed by atoms with Crippen LogP contribution in [-0.4, -0.2) is 139 Å². The number of rotatable bonds is 39. The van der Waals surface area contributed by atoms with Crippen molar-refractivity contribution in [3.05, 3.63) is 0 Å². The summed E-state index contributed by atoms with van der Waals surface area (Å²) in [5.41, 5.74) is 0. The van der Waals surface area contributed by atoms with E-state index in [4.69, 9.17) is 47.4 Å². The van der Waals surface area contributed by atoms with Gasteiger partial charge in [0.2, 0.25) is 0 Å². The molecule has 0 radical (unpaired) electrons. The van der Waals surface area contributed by atoms with E-state index in [1.807, 2.05) is 82.8 Å². The van der Waals surface area contributed by atoms with Crippen LogP contribution in [0.4, 0.5) is 0 Å². The molecule has 314 valence electrons. The molecule has 0 fully saturated rings. The fraction of sp³-hybridized carbons (Fsp3) is 1.00. The van der Waals surface area contributed by atoms with Crippen LogP contribution in [0.2, 0.25) is 12.1 Å². The molecule has 4 atom stereocenters. The fourth-order valence-electron chi connectivity index (χ4n) is 5.75. The molecule has 0 aromatic heterocycles. The molecule has 0 saturated carbocycles. The second-order valence-corrected chi connectivity index (χ2v) is 31.4. The van der Waals surface area contributed by atoms with Crippen molar-refractivity contribution in [1.29, 1.82) is 0 Å². The predicted octanol–water partition coefficient (Wildman–Crippen LogP) is 5.54. The van der Waals surface area contributed by atoms with Gasteiger partial charge in [-0.1, -0.05) is 47.5 Å². The SMILES string of the molecule is CCCC(OCC)(OCC)OC([SiH3])(CCSSSSCCC([SiH3])(OC(CCC)(OCC)OCC)[SiH2]CCCOC(C)OC)[SiH2]CCCOC(C)OC. The summed E-state index contributed by atoms with van der Waals surface area (Å²) in [5.74, 6) is 0.149. The molecule has 0 saturated heterocycles. The molecule has 0 aliphatic rings. The van der Waals surface area contributed by atoms with E-state index in [0.717, 1.165) is 95.4 Å². The van der Waals surface area contributed by atoms with Crippen LogP contribution >= 0.6 is 41.2 Å². The first-order chi connectivity index (χ1) is 24.9. The Labute approximate surface area is 344 Å². The second-order valence-electron chi connectivity index (χ2n) is 13.2. The summed E-state index contributed by atoms with van der Waals surface area (Å²) < 4.78 is 60.8. The molecule has 0 aliphatic carbocycles. The van der Waals surface area contributed by atoms with Crippen molar-refractivity contribution in [3.8, 4) is 0 Å². The van der Waals surface area contributed by atoms with Crippen molar-refractivity contribution in [2.45, 2.75) is 153 Å². The van der Waals surface area contributed by atoms with Crippen LogP contribution in [0.3, 0.4) is 0 Å². The summed E-state index contributed by atoms with van der Waals surface area (Å²) in [6, 6.07) is 2.31. The standard InChI is InChI=1S/C34H78O10S4Si4/c1-11-19-31(39-13-3,40-14-4)43-33(49,51-27-17-23-37-29(7)35-9)21-25-45-47-48-46-26-22-34(50,52-28-18-24-38-30(8)36-10)44-32(20-12-2,41-15-5)42-16-6/h29-30H,11-28,51-52H2,1-10,49-50H3. The van der Waals surface area contributed by atoms with E-state index >= 15 is 0 Å².